The fourth-order valence-electron chi connectivity index (χ4n) is 4.86. The van der Waals surface area contributed by atoms with Crippen molar-refractivity contribution in [3.63, 3.8) is 0 Å². The normalized spacial score (nSPS) is 12.6. The van der Waals surface area contributed by atoms with Crippen molar-refractivity contribution >= 4 is 43.5 Å². The van der Waals surface area contributed by atoms with E-state index in [-0.39, 0.29) is 29.8 Å². The molecule has 0 heterocycles. The molecule has 0 aliphatic heterocycles. The Labute approximate surface area is 275 Å². The number of carbonyl (C=O) groups is 2. The summed E-state index contributed by atoms with van der Waals surface area (Å²) in [5.41, 5.74) is 4.05. The van der Waals surface area contributed by atoms with E-state index in [1.807, 2.05) is 82.3 Å². The molecule has 0 bridgehead atoms. The quantitative estimate of drug-likeness (QED) is 0.167. The maximum atomic E-state index is 14.5. The summed E-state index contributed by atoms with van der Waals surface area (Å²) < 4.78 is 30.2. The van der Waals surface area contributed by atoms with Gasteiger partial charge in [0.15, 0.2) is 0 Å². The van der Waals surface area contributed by atoms with Crippen molar-refractivity contribution in [1.82, 2.24) is 10.2 Å². The maximum absolute atomic E-state index is 14.5. The number of carbonyl (C=O) groups excluding carboxylic acids is 2. The third-order valence-corrected chi connectivity index (χ3v) is 10.1. The first-order chi connectivity index (χ1) is 21.5. The molecule has 0 fully saturated rings. The molecule has 1 N–H and O–H groups in total. The van der Waals surface area contributed by atoms with Gasteiger partial charge in [0.05, 0.1) is 10.6 Å². The molecule has 0 unspecified atom stereocenters. The highest BCUT2D eigenvalue weighted by Gasteiger charge is 2.35. The molecule has 236 valence electrons. The molecule has 0 saturated carbocycles. The Bertz CT molecular complexity index is 1680. The predicted octanol–water partition coefficient (Wildman–Crippen LogP) is 6.82. The van der Waals surface area contributed by atoms with Gasteiger partial charge >= 0.3 is 0 Å². The fraction of sp³-hybridized carbons (Fsp3) is 0.278. The largest absolute Gasteiger partial charge is 0.352 e. The van der Waals surface area contributed by atoms with E-state index in [1.54, 1.807) is 48.5 Å². The highest BCUT2D eigenvalue weighted by molar-refractivity contribution is 9.10. The Morgan fingerprint density at radius 1 is 0.800 bits per heavy atom. The van der Waals surface area contributed by atoms with E-state index in [1.165, 1.54) is 4.90 Å². The molecule has 0 spiro atoms. The number of anilines is 1. The Morgan fingerprint density at radius 3 is 1.96 bits per heavy atom. The summed E-state index contributed by atoms with van der Waals surface area (Å²) >= 11 is 3.42. The van der Waals surface area contributed by atoms with E-state index in [0.717, 1.165) is 37.5 Å². The SMILES string of the molecule is CC[C@@H](C)NC(=O)[C@@H](Cc1ccccc1)N(Cc1ccc(C)cc1)C(=O)CN(c1ccc(Br)cc1)S(=O)(=O)c1ccc(C)cc1. The minimum atomic E-state index is -4.15. The lowest BCUT2D eigenvalue weighted by Crippen LogP contribution is -2.54. The highest BCUT2D eigenvalue weighted by Crippen LogP contribution is 2.27. The summed E-state index contributed by atoms with van der Waals surface area (Å²) in [4.78, 5) is 30.0. The van der Waals surface area contributed by atoms with Gasteiger partial charge in [-0.3, -0.25) is 13.9 Å². The van der Waals surface area contributed by atoms with Crippen LogP contribution in [0.5, 0.6) is 0 Å². The van der Waals surface area contributed by atoms with E-state index in [0.29, 0.717) is 5.69 Å². The van der Waals surface area contributed by atoms with Crippen LogP contribution in [-0.2, 0) is 32.6 Å². The van der Waals surface area contributed by atoms with Gasteiger partial charge in [-0.1, -0.05) is 101 Å². The monoisotopic (exact) mass is 689 g/mol. The molecule has 45 heavy (non-hydrogen) atoms. The first kappa shape index (κ1) is 33.9. The lowest BCUT2D eigenvalue weighted by molar-refractivity contribution is -0.140. The Balaban J connectivity index is 1.80. The smallest absolute Gasteiger partial charge is 0.264 e. The van der Waals surface area contributed by atoms with Gasteiger partial charge in [0.1, 0.15) is 12.6 Å². The van der Waals surface area contributed by atoms with Gasteiger partial charge in [0, 0.05) is 23.5 Å². The summed E-state index contributed by atoms with van der Waals surface area (Å²) in [6.45, 7) is 7.41. The zero-order valence-corrected chi connectivity index (χ0v) is 28.5. The van der Waals surface area contributed by atoms with Crippen LogP contribution >= 0.6 is 15.9 Å². The molecule has 0 aromatic heterocycles. The molecule has 0 saturated heterocycles. The number of sulfonamides is 1. The van der Waals surface area contributed by atoms with Crippen molar-refractivity contribution in [1.29, 1.82) is 0 Å². The number of hydrogen-bond acceptors (Lipinski definition) is 4. The van der Waals surface area contributed by atoms with Crippen molar-refractivity contribution in [2.24, 2.45) is 0 Å². The molecule has 4 aromatic rings. The zero-order valence-electron chi connectivity index (χ0n) is 26.1. The molecule has 4 rings (SSSR count). The van der Waals surface area contributed by atoms with Gasteiger partial charge in [0.25, 0.3) is 10.0 Å². The number of rotatable bonds is 13. The highest BCUT2D eigenvalue weighted by atomic mass is 79.9. The van der Waals surface area contributed by atoms with Crippen molar-refractivity contribution in [3.05, 3.63) is 130 Å². The van der Waals surface area contributed by atoms with E-state index < -0.39 is 28.5 Å². The average Bonchev–Trinajstić information content (AvgIpc) is 3.03. The van der Waals surface area contributed by atoms with Crippen molar-refractivity contribution < 1.29 is 18.0 Å². The Morgan fingerprint density at radius 2 is 1.38 bits per heavy atom. The number of nitrogens with one attached hydrogen (secondary N) is 1. The van der Waals surface area contributed by atoms with Crippen LogP contribution in [0.25, 0.3) is 0 Å². The molecule has 0 radical (unpaired) electrons. The average molecular weight is 691 g/mol. The summed E-state index contributed by atoms with van der Waals surface area (Å²) in [6, 6.07) is 29.7. The molecular weight excluding hydrogens is 650 g/mol. The molecule has 4 aromatic carbocycles. The van der Waals surface area contributed by atoms with Crippen LogP contribution in [-0.4, -0.2) is 43.8 Å². The van der Waals surface area contributed by atoms with Crippen LogP contribution in [0.2, 0.25) is 0 Å². The van der Waals surface area contributed by atoms with Gasteiger partial charge in [0.2, 0.25) is 11.8 Å². The minimum Gasteiger partial charge on any atom is -0.352 e. The zero-order chi connectivity index (χ0) is 32.6. The summed E-state index contributed by atoms with van der Waals surface area (Å²) in [6.07, 6.45) is 0.992. The van der Waals surface area contributed by atoms with E-state index in [9.17, 15) is 18.0 Å². The molecule has 2 amide bonds. The first-order valence-corrected chi connectivity index (χ1v) is 17.3. The summed E-state index contributed by atoms with van der Waals surface area (Å²) in [5, 5.41) is 3.06. The van der Waals surface area contributed by atoms with Gasteiger partial charge in [-0.25, -0.2) is 8.42 Å². The third kappa shape index (κ3) is 9.05. The van der Waals surface area contributed by atoms with Crippen LogP contribution in [0.4, 0.5) is 5.69 Å². The molecule has 7 nitrogen and oxygen atoms in total. The Hall–Kier alpha value is -3.95. The van der Waals surface area contributed by atoms with Crippen molar-refractivity contribution in [2.45, 2.75) is 64.1 Å². The summed E-state index contributed by atoms with van der Waals surface area (Å²) in [5.74, 6) is -0.778. The van der Waals surface area contributed by atoms with Gasteiger partial charge in [-0.2, -0.15) is 0 Å². The van der Waals surface area contributed by atoms with Gasteiger partial charge in [-0.15, -0.1) is 0 Å². The first-order valence-electron chi connectivity index (χ1n) is 15.0. The van der Waals surface area contributed by atoms with Gasteiger partial charge in [-0.05, 0) is 74.7 Å². The second-order valence-corrected chi connectivity index (χ2v) is 14.1. The van der Waals surface area contributed by atoms with Crippen LogP contribution < -0.4 is 9.62 Å². The number of halogens is 1. The van der Waals surface area contributed by atoms with Crippen molar-refractivity contribution in [3.8, 4) is 0 Å². The Kier molecular flexibility index (Phi) is 11.6. The molecule has 9 heteroatoms. The molecular formula is C36H40BrN3O4S. The number of nitrogens with zero attached hydrogens (tertiary/aromatic N) is 2. The second-order valence-electron chi connectivity index (χ2n) is 11.3. The topological polar surface area (TPSA) is 86.8 Å². The standard InChI is InChI=1S/C36H40BrN3O4S/c1-5-28(4)38-36(42)34(23-29-9-7-6-8-10-29)39(24-30-15-11-26(2)12-16-30)35(41)25-40(32-19-17-31(37)18-20-32)45(43,44)33-21-13-27(3)14-22-33/h6-22,28,34H,5,23-25H2,1-4H3,(H,38,42)/t28-,34-/m1/s1. The van der Waals surface area contributed by atoms with E-state index in [2.05, 4.69) is 21.2 Å². The lowest BCUT2D eigenvalue weighted by Gasteiger charge is -2.34. The van der Waals surface area contributed by atoms with Crippen LogP contribution in [0.3, 0.4) is 0 Å². The maximum Gasteiger partial charge on any atom is 0.264 e. The molecule has 0 aliphatic rings. The predicted molar refractivity (Wildman–Crippen MR) is 183 cm³/mol. The number of hydrogen-bond donors (Lipinski definition) is 1. The lowest BCUT2D eigenvalue weighted by atomic mass is 10.0. The number of amides is 2. The second kappa shape index (κ2) is 15.4. The van der Waals surface area contributed by atoms with Crippen LogP contribution in [0.15, 0.2) is 112 Å². The third-order valence-electron chi connectivity index (χ3n) is 7.75. The minimum absolute atomic E-state index is 0.0734. The fourth-order valence-corrected chi connectivity index (χ4v) is 6.54. The van der Waals surface area contributed by atoms with Crippen LogP contribution in [0, 0.1) is 13.8 Å². The number of aryl methyl sites for hydroxylation is 2. The van der Waals surface area contributed by atoms with Gasteiger partial charge < -0.3 is 10.2 Å². The summed E-state index contributed by atoms with van der Waals surface area (Å²) in [7, 11) is -4.15. The van der Waals surface area contributed by atoms with Crippen molar-refractivity contribution in [2.75, 3.05) is 10.8 Å². The van der Waals surface area contributed by atoms with Crippen LogP contribution in [0.1, 0.15) is 42.5 Å². The number of benzene rings is 4. The van der Waals surface area contributed by atoms with E-state index >= 15 is 0 Å². The van der Waals surface area contributed by atoms with E-state index in [4.69, 9.17) is 0 Å². The molecule has 0 aliphatic carbocycles. The molecule has 2 atom stereocenters.